The number of nitrogens with zero attached hydrogens (tertiary/aromatic N) is 4. The molecule has 2 aliphatic heterocycles. The molecular formula is C39H29N5O. The number of anilines is 1. The number of benzene rings is 4. The average Bonchev–Trinajstić information content (AvgIpc) is 3.12. The summed E-state index contributed by atoms with van der Waals surface area (Å²) in [6, 6.07) is 27.1. The molecule has 0 bridgehead atoms. The third-order valence-corrected chi connectivity index (χ3v) is 8.88. The Morgan fingerprint density at radius 1 is 0.756 bits per heavy atom. The third-order valence-electron chi connectivity index (χ3n) is 8.88. The van der Waals surface area contributed by atoms with Gasteiger partial charge in [0, 0.05) is 39.6 Å². The lowest BCUT2D eigenvalue weighted by Gasteiger charge is -2.31. The van der Waals surface area contributed by atoms with Crippen LogP contribution in [0.4, 0.5) is 11.4 Å². The molecule has 4 aliphatic rings. The van der Waals surface area contributed by atoms with Gasteiger partial charge in [0.05, 0.1) is 23.6 Å². The van der Waals surface area contributed by atoms with E-state index in [0.717, 1.165) is 69.7 Å². The minimum atomic E-state index is 0.0776. The molecule has 0 saturated heterocycles. The molecule has 9 rings (SSSR count). The fourth-order valence-electron chi connectivity index (χ4n) is 6.66. The normalized spacial score (nSPS) is 17.8. The smallest absolute Gasteiger partial charge is 0.164 e. The average molecular weight is 584 g/mol. The molecule has 5 aromatic rings. The van der Waals surface area contributed by atoms with Crippen LogP contribution in [0, 0.1) is 0 Å². The van der Waals surface area contributed by atoms with Crippen molar-refractivity contribution in [3.8, 4) is 28.5 Å². The first-order valence-electron chi connectivity index (χ1n) is 15.5. The summed E-state index contributed by atoms with van der Waals surface area (Å²) >= 11 is 0. The number of hydrogen-bond donors (Lipinski definition) is 1. The molecule has 1 atom stereocenters. The van der Waals surface area contributed by atoms with E-state index in [1.54, 1.807) is 0 Å². The van der Waals surface area contributed by atoms with Gasteiger partial charge in [-0.05, 0) is 54.1 Å². The Hall–Kier alpha value is -5.62. The molecule has 2 aliphatic carbocycles. The second-order valence-electron chi connectivity index (χ2n) is 11.7. The van der Waals surface area contributed by atoms with Crippen LogP contribution in [0.15, 0.2) is 120 Å². The molecule has 6 heteroatoms. The Balaban J connectivity index is 1.10. The van der Waals surface area contributed by atoms with Crippen LogP contribution in [-0.2, 0) is 0 Å². The van der Waals surface area contributed by atoms with Crippen LogP contribution < -0.4 is 10.1 Å². The van der Waals surface area contributed by atoms with Gasteiger partial charge in [0.15, 0.2) is 17.5 Å². The number of rotatable bonds is 4. The lowest BCUT2D eigenvalue weighted by molar-refractivity contribution is 0.260. The van der Waals surface area contributed by atoms with Crippen molar-refractivity contribution in [2.75, 3.05) is 11.9 Å². The first kappa shape index (κ1) is 25.8. The second kappa shape index (κ2) is 10.5. The summed E-state index contributed by atoms with van der Waals surface area (Å²) in [6.07, 6.45) is 16.0. The van der Waals surface area contributed by atoms with Crippen LogP contribution in [0.1, 0.15) is 36.2 Å². The van der Waals surface area contributed by atoms with Gasteiger partial charge in [0.2, 0.25) is 0 Å². The summed E-state index contributed by atoms with van der Waals surface area (Å²) in [5, 5.41) is 5.97. The maximum absolute atomic E-state index is 6.45. The predicted octanol–water partition coefficient (Wildman–Crippen LogP) is 8.74. The highest BCUT2D eigenvalue weighted by Gasteiger charge is 2.28. The fraction of sp³-hybridized carbons (Fsp3) is 0.128. The van der Waals surface area contributed by atoms with E-state index in [9.17, 15) is 0 Å². The molecule has 0 amide bonds. The summed E-state index contributed by atoms with van der Waals surface area (Å²) in [7, 11) is 0. The third kappa shape index (κ3) is 4.49. The lowest BCUT2D eigenvalue weighted by Crippen LogP contribution is -2.24. The number of aliphatic imine (C=N–C) groups is 1. The summed E-state index contributed by atoms with van der Waals surface area (Å²) in [6.45, 7) is 0.611. The minimum Gasteiger partial charge on any atom is -0.485 e. The summed E-state index contributed by atoms with van der Waals surface area (Å²) in [4.78, 5) is 19.9. The van der Waals surface area contributed by atoms with Crippen LogP contribution in [0.3, 0.4) is 0 Å². The Labute approximate surface area is 261 Å². The highest BCUT2D eigenvalue weighted by atomic mass is 16.5. The van der Waals surface area contributed by atoms with Crippen molar-refractivity contribution in [3.63, 3.8) is 0 Å². The Morgan fingerprint density at radius 3 is 2.53 bits per heavy atom. The molecule has 4 aromatic carbocycles. The van der Waals surface area contributed by atoms with Crippen molar-refractivity contribution in [1.82, 2.24) is 15.0 Å². The maximum atomic E-state index is 6.45. The molecule has 3 heterocycles. The standard InChI is InChI=1S/C39H29N5O/c1-3-10-24(11-4-1)37-42-38(25-12-5-2-6-13-25)44-39(43-37)26-18-20-31-32(22-26)40-23-33(41-31)27-19-21-35-36-29(27)15-9-16-30(36)28-14-7-8-17-34(28)45-35/h1,3-5,7-16,18-22,34,40H,2,6,17,23H2. The van der Waals surface area contributed by atoms with E-state index in [1.807, 2.05) is 30.3 Å². The zero-order valence-electron chi connectivity index (χ0n) is 24.6. The Bertz CT molecular complexity index is 2170. The van der Waals surface area contributed by atoms with Crippen LogP contribution in [0.2, 0.25) is 0 Å². The topological polar surface area (TPSA) is 72.3 Å². The second-order valence-corrected chi connectivity index (χ2v) is 11.7. The summed E-state index contributed by atoms with van der Waals surface area (Å²) in [5.41, 5.74) is 9.41. The van der Waals surface area contributed by atoms with Gasteiger partial charge in [-0.25, -0.2) is 19.9 Å². The van der Waals surface area contributed by atoms with E-state index in [-0.39, 0.29) is 6.10 Å². The van der Waals surface area contributed by atoms with Gasteiger partial charge in [-0.3, -0.25) is 0 Å². The Morgan fingerprint density at radius 2 is 1.64 bits per heavy atom. The highest BCUT2D eigenvalue weighted by molar-refractivity contribution is 6.17. The number of fused-ring (bicyclic) bond motifs is 3. The van der Waals surface area contributed by atoms with Crippen molar-refractivity contribution in [2.45, 2.75) is 25.4 Å². The van der Waals surface area contributed by atoms with Gasteiger partial charge in [-0.2, -0.15) is 0 Å². The van der Waals surface area contributed by atoms with Crippen LogP contribution in [0.5, 0.6) is 5.75 Å². The van der Waals surface area contributed by atoms with Crippen molar-refractivity contribution in [3.05, 3.63) is 132 Å². The molecule has 1 N–H and O–H groups in total. The SMILES string of the molecule is C1=CCC2Oc3ccc(C4=Nc5ccc(-c6nc(C7=CCCC=C7)nc(-c7ccccc7)n6)cc5NC4)c4cccc(c34)C2=C1. The molecule has 1 aromatic heterocycles. The van der Waals surface area contributed by atoms with Crippen molar-refractivity contribution < 1.29 is 4.74 Å². The Kier molecular flexibility index (Phi) is 6.04. The van der Waals surface area contributed by atoms with Gasteiger partial charge in [0.25, 0.3) is 0 Å². The molecule has 6 nitrogen and oxygen atoms in total. The van der Waals surface area contributed by atoms with Crippen molar-refractivity contribution in [2.24, 2.45) is 4.99 Å². The molecule has 45 heavy (non-hydrogen) atoms. The predicted molar refractivity (Wildman–Crippen MR) is 182 cm³/mol. The number of ether oxygens (including phenoxy) is 1. The van der Waals surface area contributed by atoms with Gasteiger partial charge in [0.1, 0.15) is 11.9 Å². The lowest BCUT2D eigenvalue weighted by atomic mass is 9.86. The fourth-order valence-corrected chi connectivity index (χ4v) is 6.66. The van der Waals surface area contributed by atoms with E-state index in [2.05, 4.69) is 90.3 Å². The largest absolute Gasteiger partial charge is 0.485 e. The first-order chi connectivity index (χ1) is 22.3. The molecule has 0 fully saturated rings. The van der Waals surface area contributed by atoms with Gasteiger partial charge < -0.3 is 10.1 Å². The van der Waals surface area contributed by atoms with Gasteiger partial charge in [-0.1, -0.05) is 85.0 Å². The zero-order valence-corrected chi connectivity index (χ0v) is 24.6. The van der Waals surface area contributed by atoms with Crippen LogP contribution >= 0.6 is 0 Å². The number of nitrogens with one attached hydrogen (secondary N) is 1. The van der Waals surface area contributed by atoms with E-state index in [1.165, 1.54) is 16.5 Å². The first-order valence-corrected chi connectivity index (χ1v) is 15.5. The number of allylic oxidation sites excluding steroid dienone is 6. The molecule has 0 radical (unpaired) electrons. The highest BCUT2D eigenvalue weighted by Crippen LogP contribution is 2.44. The minimum absolute atomic E-state index is 0.0776. The van der Waals surface area contributed by atoms with Crippen molar-refractivity contribution >= 4 is 39.0 Å². The van der Waals surface area contributed by atoms with Gasteiger partial charge in [-0.15, -0.1) is 0 Å². The zero-order chi connectivity index (χ0) is 29.7. The number of hydrogen-bond acceptors (Lipinski definition) is 6. The van der Waals surface area contributed by atoms with E-state index < -0.39 is 0 Å². The summed E-state index contributed by atoms with van der Waals surface area (Å²) < 4.78 is 6.45. The van der Waals surface area contributed by atoms with Crippen molar-refractivity contribution in [1.29, 1.82) is 0 Å². The van der Waals surface area contributed by atoms with Gasteiger partial charge >= 0.3 is 0 Å². The molecule has 0 saturated carbocycles. The molecular weight excluding hydrogens is 554 g/mol. The molecule has 0 spiro atoms. The van der Waals surface area contributed by atoms with E-state index >= 15 is 0 Å². The summed E-state index contributed by atoms with van der Waals surface area (Å²) in [5.74, 6) is 2.95. The quantitative estimate of drug-likeness (QED) is 0.229. The monoisotopic (exact) mass is 583 g/mol. The van der Waals surface area contributed by atoms with Crippen LogP contribution in [-0.4, -0.2) is 33.3 Å². The van der Waals surface area contributed by atoms with E-state index in [0.29, 0.717) is 24.0 Å². The maximum Gasteiger partial charge on any atom is 0.164 e. The van der Waals surface area contributed by atoms with E-state index in [4.69, 9.17) is 24.7 Å². The number of aromatic nitrogens is 3. The molecule has 1 unspecified atom stereocenters. The molecule has 216 valence electrons. The van der Waals surface area contributed by atoms with Crippen LogP contribution in [0.25, 0.3) is 44.7 Å².